The molecule has 1 N–H and O–H groups in total. The van der Waals surface area contributed by atoms with Gasteiger partial charge in [0.15, 0.2) is 5.16 Å². The fraction of sp³-hybridized carbons (Fsp3) is 0.227. The van der Waals surface area contributed by atoms with Gasteiger partial charge in [0, 0.05) is 12.2 Å². The van der Waals surface area contributed by atoms with Gasteiger partial charge in [-0.3, -0.25) is 4.79 Å². The molecule has 2 aromatic carbocycles. The van der Waals surface area contributed by atoms with Crippen LogP contribution in [-0.4, -0.2) is 20.7 Å². The number of aryl methyl sites for hydroxylation is 3. The molecule has 28 heavy (non-hydrogen) atoms. The van der Waals surface area contributed by atoms with E-state index in [0.717, 1.165) is 28.2 Å². The SMILES string of the molecule is C=CCn1c(C)nnc1S[C@H](C(=O)Nc1cc(C)ccc1C)c1ccccc1. The van der Waals surface area contributed by atoms with E-state index in [2.05, 4.69) is 22.1 Å². The Morgan fingerprint density at radius 3 is 2.64 bits per heavy atom. The van der Waals surface area contributed by atoms with Gasteiger partial charge in [-0.1, -0.05) is 60.3 Å². The third kappa shape index (κ3) is 4.51. The first kappa shape index (κ1) is 19.9. The summed E-state index contributed by atoms with van der Waals surface area (Å²) < 4.78 is 1.96. The number of carbonyl (C=O) groups is 1. The van der Waals surface area contributed by atoms with Crippen LogP contribution in [0.4, 0.5) is 5.69 Å². The number of amides is 1. The van der Waals surface area contributed by atoms with Crippen LogP contribution in [0.3, 0.4) is 0 Å². The zero-order valence-electron chi connectivity index (χ0n) is 16.3. The van der Waals surface area contributed by atoms with E-state index >= 15 is 0 Å². The minimum Gasteiger partial charge on any atom is -0.325 e. The van der Waals surface area contributed by atoms with Crippen molar-refractivity contribution in [2.45, 2.75) is 37.7 Å². The Bertz CT molecular complexity index is 981. The number of allylic oxidation sites excluding steroid dienone is 1. The molecule has 0 unspecified atom stereocenters. The van der Waals surface area contributed by atoms with E-state index in [1.54, 1.807) is 6.08 Å². The molecule has 0 aliphatic rings. The molecule has 0 fully saturated rings. The highest BCUT2D eigenvalue weighted by Crippen LogP contribution is 2.36. The van der Waals surface area contributed by atoms with Gasteiger partial charge in [-0.15, -0.1) is 16.8 Å². The lowest BCUT2D eigenvalue weighted by atomic mass is 10.1. The standard InChI is InChI=1S/C22H24N4OS/c1-5-13-26-17(4)24-25-22(26)28-20(18-9-7-6-8-10-18)21(27)23-19-14-15(2)11-12-16(19)3/h5-12,14,20H,1,13H2,2-4H3,(H,23,27)/t20-/m0/s1. The second kappa shape index (κ2) is 8.89. The van der Waals surface area contributed by atoms with Crippen molar-refractivity contribution in [2.24, 2.45) is 0 Å². The highest BCUT2D eigenvalue weighted by molar-refractivity contribution is 8.00. The molecule has 0 radical (unpaired) electrons. The van der Waals surface area contributed by atoms with Crippen molar-refractivity contribution in [3.63, 3.8) is 0 Å². The van der Waals surface area contributed by atoms with Gasteiger partial charge in [0.05, 0.1) is 0 Å². The lowest BCUT2D eigenvalue weighted by Gasteiger charge is -2.18. The van der Waals surface area contributed by atoms with Crippen molar-refractivity contribution in [1.29, 1.82) is 0 Å². The van der Waals surface area contributed by atoms with Crippen molar-refractivity contribution in [3.8, 4) is 0 Å². The molecule has 3 rings (SSSR count). The van der Waals surface area contributed by atoms with Crippen molar-refractivity contribution >= 4 is 23.4 Å². The van der Waals surface area contributed by atoms with E-state index in [0.29, 0.717) is 11.7 Å². The average molecular weight is 393 g/mol. The Balaban J connectivity index is 1.93. The number of hydrogen-bond donors (Lipinski definition) is 1. The predicted molar refractivity (Wildman–Crippen MR) is 115 cm³/mol. The van der Waals surface area contributed by atoms with Crippen molar-refractivity contribution in [3.05, 3.63) is 83.7 Å². The monoisotopic (exact) mass is 392 g/mol. The zero-order chi connectivity index (χ0) is 20.1. The Morgan fingerprint density at radius 2 is 1.93 bits per heavy atom. The lowest BCUT2D eigenvalue weighted by Crippen LogP contribution is -2.20. The van der Waals surface area contributed by atoms with Gasteiger partial charge in [-0.25, -0.2) is 0 Å². The van der Waals surface area contributed by atoms with E-state index in [1.807, 2.05) is 73.9 Å². The molecule has 144 valence electrons. The first-order valence-corrected chi connectivity index (χ1v) is 9.98. The number of benzene rings is 2. The highest BCUT2D eigenvalue weighted by Gasteiger charge is 2.25. The smallest absolute Gasteiger partial charge is 0.242 e. The van der Waals surface area contributed by atoms with Crippen LogP contribution in [0.5, 0.6) is 0 Å². The molecule has 0 bridgehead atoms. The van der Waals surface area contributed by atoms with Gasteiger partial charge in [0.1, 0.15) is 11.1 Å². The maximum absolute atomic E-state index is 13.2. The van der Waals surface area contributed by atoms with E-state index in [1.165, 1.54) is 11.8 Å². The number of anilines is 1. The van der Waals surface area contributed by atoms with Gasteiger partial charge in [-0.05, 0) is 43.5 Å². The molecule has 0 aliphatic carbocycles. The summed E-state index contributed by atoms with van der Waals surface area (Å²) in [4.78, 5) is 13.2. The Kier molecular flexibility index (Phi) is 6.31. The zero-order valence-corrected chi connectivity index (χ0v) is 17.2. The summed E-state index contributed by atoms with van der Waals surface area (Å²) in [6.45, 7) is 10.3. The number of aromatic nitrogens is 3. The van der Waals surface area contributed by atoms with Gasteiger partial charge in [0.2, 0.25) is 5.91 Å². The van der Waals surface area contributed by atoms with E-state index in [4.69, 9.17) is 0 Å². The summed E-state index contributed by atoms with van der Waals surface area (Å²) in [7, 11) is 0. The summed E-state index contributed by atoms with van der Waals surface area (Å²) in [5.74, 6) is 0.708. The first-order chi connectivity index (χ1) is 13.5. The van der Waals surface area contributed by atoms with Crippen LogP contribution in [0.15, 0.2) is 66.3 Å². The highest BCUT2D eigenvalue weighted by atomic mass is 32.2. The molecular formula is C22H24N4OS. The minimum atomic E-state index is -0.451. The Morgan fingerprint density at radius 1 is 1.18 bits per heavy atom. The molecule has 1 heterocycles. The van der Waals surface area contributed by atoms with E-state index in [-0.39, 0.29) is 5.91 Å². The number of carbonyl (C=O) groups excluding carboxylic acids is 1. The molecule has 6 heteroatoms. The van der Waals surface area contributed by atoms with Crippen molar-refractivity contribution in [2.75, 3.05) is 5.32 Å². The topological polar surface area (TPSA) is 59.8 Å². The second-order valence-electron chi connectivity index (χ2n) is 6.65. The maximum Gasteiger partial charge on any atom is 0.242 e. The molecule has 0 saturated carbocycles. The summed E-state index contributed by atoms with van der Waals surface area (Å²) in [5.41, 5.74) is 3.88. The van der Waals surface area contributed by atoms with Crippen LogP contribution >= 0.6 is 11.8 Å². The van der Waals surface area contributed by atoms with Crippen LogP contribution in [0.1, 0.15) is 27.8 Å². The molecule has 0 saturated heterocycles. The number of nitrogens with zero attached hydrogens (tertiary/aromatic N) is 3. The molecule has 0 aliphatic heterocycles. The average Bonchev–Trinajstić information content (AvgIpc) is 3.03. The minimum absolute atomic E-state index is 0.0873. The van der Waals surface area contributed by atoms with E-state index < -0.39 is 5.25 Å². The van der Waals surface area contributed by atoms with Gasteiger partial charge in [0.25, 0.3) is 0 Å². The molecular weight excluding hydrogens is 368 g/mol. The maximum atomic E-state index is 13.2. The third-order valence-corrected chi connectivity index (χ3v) is 5.66. The summed E-state index contributed by atoms with van der Waals surface area (Å²) in [6, 6.07) is 15.8. The molecule has 5 nitrogen and oxygen atoms in total. The summed E-state index contributed by atoms with van der Waals surface area (Å²) in [5, 5.41) is 11.8. The second-order valence-corrected chi connectivity index (χ2v) is 7.72. The Hall–Kier alpha value is -2.86. The first-order valence-electron chi connectivity index (χ1n) is 9.10. The number of rotatable bonds is 7. The largest absolute Gasteiger partial charge is 0.325 e. The van der Waals surface area contributed by atoms with Crippen LogP contribution in [0.25, 0.3) is 0 Å². The molecule has 1 atom stereocenters. The van der Waals surface area contributed by atoms with Crippen molar-refractivity contribution in [1.82, 2.24) is 14.8 Å². The number of nitrogens with one attached hydrogen (secondary N) is 1. The van der Waals surface area contributed by atoms with Crippen LogP contribution < -0.4 is 5.32 Å². The Labute approximate surface area is 169 Å². The van der Waals surface area contributed by atoms with Gasteiger partial charge in [-0.2, -0.15) is 0 Å². The van der Waals surface area contributed by atoms with Gasteiger partial charge >= 0.3 is 0 Å². The predicted octanol–water partition coefficient (Wildman–Crippen LogP) is 4.86. The molecule has 1 aromatic heterocycles. The van der Waals surface area contributed by atoms with E-state index in [9.17, 15) is 4.79 Å². The number of hydrogen-bond acceptors (Lipinski definition) is 4. The molecule has 0 spiro atoms. The molecule has 3 aromatic rings. The summed E-state index contributed by atoms with van der Waals surface area (Å²) >= 11 is 1.40. The fourth-order valence-corrected chi connectivity index (χ4v) is 3.95. The quantitative estimate of drug-likeness (QED) is 0.461. The summed E-state index contributed by atoms with van der Waals surface area (Å²) in [6.07, 6.45) is 1.80. The van der Waals surface area contributed by atoms with Crippen LogP contribution in [-0.2, 0) is 11.3 Å². The van der Waals surface area contributed by atoms with Crippen LogP contribution in [0, 0.1) is 20.8 Å². The van der Waals surface area contributed by atoms with Gasteiger partial charge < -0.3 is 9.88 Å². The number of thioether (sulfide) groups is 1. The van der Waals surface area contributed by atoms with Crippen LogP contribution in [0.2, 0.25) is 0 Å². The fourth-order valence-electron chi connectivity index (χ4n) is 2.86. The van der Waals surface area contributed by atoms with Crippen molar-refractivity contribution < 1.29 is 4.79 Å². The lowest BCUT2D eigenvalue weighted by molar-refractivity contribution is -0.115. The third-order valence-electron chi connectivity index (χ3n) is 4.43. The normalized spacial score (nSPS) is 11.8. The molecule has 1 amide bonds.